The molecule has 84 valence electrons. The Kier molecular flexibility index (Phi) is 9.94. The lowest BCUT2D eigenvalue weighted by Crippen LogP contribution is -1.97. The number of aliphatic imine (C=N–C) groups is 2. The van der Waals surface area contributed by atoms with E-state index in [-0.39, 0.29) is 0 Å². The zero-order valence-corrected chi connectivity index (χ0v) is 9.24. The Labute approximate surface area is 90.5 Å². The SMILES string of the molecule is CC(CCCCCN=C=O)CCN=C=O. The summed E-state index contributed by atoms with van der Waals surface area (Å²) in [5.41, 5.74) is 0. The number of unbranched alkanes of at least 4 members (excludes halogenated alkanes) is 2. The van der Waals surface area contributed by atoms with Crippen molar-refractivity contribution in [1.82, 2.24) is 0 Å². The standard InChI is InChI=1S/C11H18N2O2/c1-11(6-8-13-10-15)5-3-2-4-7-12-9-14/h11H,2-8H2,1H3. The van der Waals surface area contributed by atoms with Crippen LogP contribution in [0.3, 0.4) is 0 Å². The third kappa shape index (κ3) is 10.7. The van der Waals surface area contributed by atoms with Crippen LogP contribution in [0.15, 0.2) is 9.98 Å². The molecule has 0 aromatic heterocycles. The maximum absolute atomic E-state index is 9.81. The van der Waals surface area contributed by atoms with Crippen LogP contribution in [0.1, 0.15) is 39.0 Å². The van der Waals surface area contributed by atoms with Crippen molar-refractivity contribution < 1.29 is 9.59 Å². The van der Waals surface area contributed by atoms with Crippen molar-refractivity contribution in [3.8, 4) is 0 Å². The molecule has 1 unspecified atom stereocenters. The van der Waals surface area contributed by atoms with Gasteiger partial charge in [-0.25, -0.2) is 19.6 Å². The van der Waals surface area contributed by atoms with E-state index in [4.69, 9.17) is 0 Å². The monoisotopic (exact) mass is 210 g/mol. The number of hydrogen-bond donors (Lipinski definition) is 0. The molecule has 0 aromatic carbocycles. The van der Waals surface area contributed by atoms with Crippen LogP contribution in [0.2, 0.25) is 0 Å². The smallest absolute Gasteiger partial charge is 0.211 e. The van der Waals surface area contributed by atoms with Gasteiger partial charge in [0, 0.05) is 0 Å². The molecular weight excluding hydrogens is 192 g/mol. The van der Waals surface area contributed by atoms with Gasteiger partial charge in [-0.05, 0) is 18.8 Å². The average Bonchev–Trinajstić information content (AvgIpc) is 2.23. The molecule has 0 saturated carbocycles. The molecular formula is C11H18N2O2. The molecule has 0 aliphatic carbocycles. The lowest BCUT2D eigenvalue weighted by atomic mass is 10.00. The summed E-state index contributed by atoms with van der Waals surface area (Å²) in [6, 6.07) is 0. The minimum Gasteiger partial charge on any atom is -0.211 e. The maximum Gasteiger partial charge on any atom is 0.234 e. The number of carbonyl (C=O) groups excluding carboxylic acids is 2. The van der Waals surface area contributed by atoms with Crippen LogP contribution in [-0.4, -0.2) is 25.2 Å². The van der Waals surface area contributed by atoms with Gasteiger partial charge in [0.1, 0.15) is 0 Å². The number of rotatable bonds is 9. The van der Waals surface area contributed by atoms with Crippen LogP contribution in [0.25, 0.3) is 0 Å². The van der Waals surface area contributed by atoms with Gasteiger partial charge in [0.25, 0.3) is 0 Å². The van der Waals surface area contributed by atoms with Gasteiger partial charge >= 0.3 is 0 Å². The Hall–Kier alpha value is -1.24. The Bertz CT molecular complexity index is 241. The fourth-order valence-electron chi connectivity index (χ4n) is 1.38. The predicted octanol–water partition coefficient (Wildman–Crippen LogP) is 2.24. The minimum absolute atomic E-state index is 0.583. The third-order valence-corrected chi connectivity index (χ3v) is 2.33. The highest BCUT2D eigenvalue weighted by Gasteiger charge is 2.00. The molecule has 0 rings (SSSR count). The molecule has 0 bridgehead atoms. The van der Waals surface area contributed by atoms with Crippen LogP contribution in [0.5, 0.6) is 0 Å². The largest absolute Gasteiger partial charge is 0.234 e. The molecule has 0 fully saturated rings. The number of hydrogen-bond acceptors (Lipinski definition) is 4. The van der Waals surface area contributed by atoms with E-state index < -0.39 is 0 Å². The Balaban J connectivity index is 3.26. The van der Waals surface area contributed by atoms with Crippen molar-refractivity contribution in [3.05, 3.63) is 0 Å². The van der Waals surface area contributed by atoms with Gasteiger partial charge in [-0.2, -0.15) is 0 Å². The minimum atomic E-state index is 0.583. The molecule has 4 heteroatoms. The predicted molar refractivity (Wildman–Crippen MR) is 58.2 cm³/mol. The lowest BCUT2D eigenvalue weighted by molar-refractivity contribution is 0.466. The first-order valence-corrected chi connectivity index (χ1v) is 5.38. The Morgan fingerprint density at radius 2 is 1.60 bits per heavy atom. The third-order valence-electron chi connectivity index (χ3n) is 2.33. The normalized spacial score (nSPS) is 11.3. The van der Waals surface area contributed by atoms with Gasteiger partial charge in [0.2, 0.25) is 12.2 Å². The van der Waals surface area contributed by atoms with Gasteiger partial charge in [-0.1, -0.05) is 26.2 Å². The van der Waals surface area contributed by atoms with E-state index in [1.54, 1.807) is 0 Å². The molecule has 0 aliphatic heterocycles. The van der Waals surface area contributed by atoms with E-state index in [0.29, 0.717) is 19.0 Å². The molecule has 0 aromatic rings. The van der Waals surface area contributed by atoms with Gasteiger partial charge in [-0.15, -0.1) is 0 Å². The van der Waals surface area contributed by atoms with Crippen LogP contribution >= 0.6 is 0 Å². The maximum atomic E-state index is 9.81. The molecule has 0 saturated heterocycles. The molecule has 0 spiro atoms. The van der Waals surface area contributed by atoms with Crippen molar-refractivity contribution in [2.24, 2.45) is 15.9 Å². The molecule has 0 aliphatic rings. The summed E-state index contributed by atoms with van der Waals surface area (Å²) in [4.78, 5) is 26.6. The van der Waals surface area contributed by atoms with E-state index in [0.717, 1.165) is 32.1 Å². The number of isocyanates is 2. The van der Waals surface area contributed by atoms with Crippen LogP contribution in [0.4, 0.5) is 0 Å². The van der Waals surface area contributed by atoms with Gasteiger partial charge < -0.3 is 0 Å². The highest BCUT2D eigenvalue weighted by Crippen LogP contribution is 2.12. The first-order valence-electron chi connectivity index (χ1n) is 5.38. The summed E-state index contributed by atoms with van der Waals surface area (Å²) in [6.45, 7) is 3.33. The zero-order valence-electron chi connectivity index (χ0n) is 9.24. The van der Waals surface area contributed by atoms with Crippen molar-refractivity contribution in [2.45, 2.75) is 39.0 Å². The quantitative estimate of drug-likeness (QED) is 0.333. The zero-order chi connectivity index (χ0) is 11.4. The van der Waals surface area contributed by atoms with Crippen molar-refractivity contribution in [1.29, 1.82) is 0 Å². The second-order valence-corrected chi connectivity index (χ2v) is 3.69. The van der Waals surface area contributed by atoms with Crippen molar-refractivity contribution in [2.75, 3.05) is 13.1 Å². The van der Waals surface area contributed by atoms with Crippen LogP contribution < -0.4 is 0 Å². The van der Waals surface area contributed by atoms with Crippen molar-refractivity contribution >= 4 is 12.2 Å². The topological polar surface area (TPSA) is 58.9 Å². The van der Waals surface area contributed by atoms with Crippen LogP contribution in [0, 0.1) is 5.92 Å². The first-order chi connectivity index (χ1) is 7.31. The molecule has 0 radical (unpaired) electrons. The van der Waals surface area contributed by atoms with Crippen molar-refractivity contribution in [3.63, 3.8) is 0 Å². The van der Waals surface area contributed by atoms with E-state index in [2.05, 4.69) is 16.9 Å². The van der Waals surface area contributed by atoms with Gasteiger partial charge in [0.15, 0.2) is 0 Å². The summed E-state index contributed by atoms with van der Waals surface area (Å²) in [7, 11) is 0. The fourth-order valence-corrected chi connectivity index (χ4v) is 1.38. The molecule has 15 heavy (non-hydrogen) atoms. The summed E-state index contributed by atoms with van der Waals surface area (Å²) in [5, 5.41) is 0. The van der Waals surface area contributed by atoms with Crippen LogP contribution in [-0.2, 0) is 9.59 Å². The summed E-state index contributed by atoms with van der Waals surface area (Å²) in [6.07, 6.45) is 8.33. The molecule has 1 atom stereocenters. The average molecular weight is 210 g/mol. The second-order valence-electron chi connectivity index (χ2n) is 3.69. The lowest BCUT2D eigenvalue weighted by Gasteiger charge is -2.07. The van der Waals surface area contributed by atoms with E-state index in [1.165, 1.54) is 12.2 Å². The molecule has 0 heterocycles. The summed E-state index contributed by atoms with van der Waals surface area (Å²) in [5.74, 6) is 0.594. The molecule has 4 nitrogen and oxygen atoms in total. The van der Waals surface area contributed by atoms with E-state index in [1.807, 2.05) is 0 Å². The van der Waals surface area contributed by atoms with Gasteiger partial charge in [0.05, 0.1) is 13.1 Å². The highest BCUT2D eigenvalue weighted by atomic mass is 16.1. The summed E-state index contributed by atoms with van der Waals surface area (Å²) < 4.78 is 0. The molecule has 0 N–H and O–H groups in total. The summed E-state index contributed by atoms with van der Waals surface area (Å²) >= 11 is 0. The second kappa shape index (κ2) is 10.8. The number of nitrogens with zero attached hydrogens (tertiary/aromatic N) is 2. The Morgan fingerprint density at radius 1 is 0.933 bits per heavy atom. The van der Waals surface area contributed by atoms with Gasteiger partial charge in [-0.3, -0.25) is 0 Å². The van der Waals surface area contributed by atoms with E-state index in [9.17, 15) is 9.59 Å². The molecule has 0 amide bonds. The fraction of sp³-hybridized carbons (Fsp3) is 0.818. The Morgan fingerprint density at radius 3 is 2.27 bits per heavy atom. The first kappa shape index (κ1) is 13.8. The van der Waals surface area contributed by atoms with E-state index >= 15 is 0 Å². The highest BCUT2D eigenvalue weighted by molar-refractivity contribution is 5.32.